The van der Waals surface area contributed by atoms with E-state index in [1.165, 1.54) is 29.0 Å². The van der Waals surface area contributed by atoms with Crippen LogP contribution in [0.5, 0.6) is 0 Å². The van der Waals surface area contributed by atoms with Crippen molar-refractivity contribution in [2.75, 3.05) is 0 Å². The molecule has 0 aromatic carbocycles. The van der Waals surface area contributed by atoms with Gasteiger partial charge in [0.25, 0.3) is 0 Å². The van der Waals surface area contributed by atoms with Crippen LogP contribution in [-0.2, 0) is 0 Å². The maximum absolute atomic E-state index is 5.80. The van der Waals surface area contributed by atoms with E-state index in [1.54, 1.807) is 0 Å². The van der Waals surface area contributed by atoms with Crippen molar-refractivity contribution in [3.63, 3.8) is 0 Å². The molecule has 1 aliphatic rings. The summed E-state index contributed by atoms with van der Waals surface area (Å²) in [5, 5.41) is 1.24. The molecule has 0 spiro atoms. The lowest BCUT2D eigenvalue weighted by Gasteiger charge is -2.32. The fraction of sp³-hybridized carbons (Fsp3) is 0.412. The third kappa shape index (κ3) is 2.69. The van der Waals surface area contributed by atoms with Crippen molar-refractivity contribution in [3.8, 4) is 0 Å². The molecule has 0 bridgehead atoms. The minimum Gasteiger partial charge on any atom is -0.474 e. The summed E-state index contributed by atoms with van der Waals surface area (Å²) in [5.41, 5.74) is 3.55. The third-order valence-electron chi connectivity index (χ3n) is 4.50. The van der Waals surface area contributed by atoms with Crippen LogP contribution in [0.4, 0.5) is 0 Å². The highest BCUT2D eigenvalue weighted by atomic mass is 28.3. The molecule has 1 aliphatic carbocycles. The fourth-order valence-corrected chi connectivity index (χ4v) is 7.42. The Balaban J connectivity index is 2.30. The van der Waals surface area contributed by atoms with Crippen LogP contribution in [0.3, 0.4) is 0 Å². The van der Waals surface area contributed by atoms with Crippen LogP contribution in [-0.4, -0.2) is 8.07 Å². The molecule has 102 valence electrons. The molecule has 19 heavy (non-hydrogen) atoms. The highest BCUT2D eigenvalue weighted by Gasteiger charge is 2.41. The number of unbranched alkanes of at least 4 members (excludes halogenated alkanes) is 1. The lowest BCUT2D eigenvalue weighted by atomic mass is 10.2. The third-order valence-corrected chi connectivity index (χ3v) is 9.30. The molecule has 1 aromatic rings. The Kier molecular flexibility index (Phi) is 4.30. The summed E-state index contributed by atoms with van der Waals surface area (Å²) in [6, 6.07) is 5.46. The van der Waals surface area contributed by atoms with Crippen LogP contribution in [0.1, 0.15) is 26.7 Å². The van der Waals surface area contributed by atoms with Crippen molar-refractivity contribution in [2.24, 2.45) is 0 Å². The van der Waals surface area contributed by atoms with Gasteiger partial charge in [0.1, 0.15) is 8.07 Å². The minimum atomic E-state index is -1.64. The Morgan fingerprint density at radius 2 is 2.21 bits per heavy atom. The molecule has 2 heteroatoms. The zero-order chi connectivity index (χ0) is 13.9. The van der Waals surface area contributed by atoms with Crippen LogP contribution in [0, 0.1) is 0 Å². The second kappa shape index (κ2) is 5.79. The Morgan fingerprint density at radius 3 is 2.74 bits per heavy atom. The van der Waals surface area contributed by atoms with Crippen LogP contribution in [0.15, 0.2) is 58.8 Å². The average molecular weight is 272 g/mol. The van der Waals surface area contributed by atoms with Gasteiger partial charge in [-0.15, -0.1) is 6.58 Å². The molecule has 1 aromatic heterocycles. The van der Waals surface area contributed by atoms with E-state index in [9.17, 15) is 0 Å². The summed E-state index contributed by atoms with van der Waals surface area (Å²) < 4.78 is 5.80. The van der Waals surface area contributed by atoms with Crippen molar-refractivity contribution in [2.45, 2.75) is 44.8 Å². The molecule has 2 atom stereocenters. The summed E-state index contributed by atoms with van der Waals surface area (Å²) >= 11 is 0. The second-order valence-electron chi connectivity index (χ2n) is 5.78. The number of hydrogen-bond donors (Lipinski definition) is 0. The molecule has 0 N–H and O–H groups in total. The van der Waals surface area contributed by atoms with E-state index in [0.29, 0.717) is 5.54 Å². The van der Waals surface area contributed by atoms with Gasteiger partial charge in [0, 0.05) is 5.54 Å². The van der Waals surface area contributed by atoms with Crippen LogP contribution >= 0.6 is 0 Å². The van der Waals surface area contributed by atoms with Gasteiger partial charge in [-0.2, -0.15) is 0 Å². The predicted octanol–water partition coefficient (Wildman–Crippen LogP) is 4.81. The lowest BCUT2D eigenvalue weighted by molar-refractivity contribution is 0.594. The highest BCUT2D eigenvalue weighted by molar-refractivity contribution is 6.92. The van der Waals surface area contributed by atoms with Crippen LogP contribution in [0.2, 0.25) is 18.1 Å². The van der Waals surface area contributed by atoms with Gasteiger partial charge in [-0.25, -0.2) is 0 Å². The number of furan rings is 1. The van der Waals surface area contributed by atoms with E-state index < -0.39 is 8.07 Å². The second-order valence-corrected chi connectivity index (χ2v) is 10.2. The first-order valence-electron chi connectivity index (χ1n) is 7.10. The summed E-state index contributed by atoms with van der Waals surface area (Å²) in [6.45, 7) is 10.8. The molecule has 0 saturated carbocycles. The van der Waals surface area contributed by atoms with E-state index in [0.717, 1.165) is 6.42 Å². The van der Waals surface area contributed by atoms with E-state index in [2.05, 4.69) is 45.2 Å². The summed E-state index contributed by atoms with van der Waals surface area (Å²) in [4.78, 5) is 0. The van der Waals surface area contributed by atoms with Crippen molar-refractivity contribution in [1.29, 1.82) is 0 Å². The van der Waals surface area contributed by atoms with Crippen molar-refractivity contribution < 1.29 is 4.42 Å². The molecule has 0 aliphatic heterocycles. The van der Waals surface area contributed by atoms with Gasteiger partial charge in [-0.05, 0) is 38.4 Å². The average Bonchev–Trinajstić information content (AvgIpc) is 3.02. The molecule has 0 saturated heterocycles. The first-order valence-corrected chi connectivity index (χ1v) is 9.88. The van der Waals surface area contributed by atoms with Gasteiger partial charge in [0.15, 0.2) is 0 Å². The SMILES string of the molecule is C=CCCC[Si](C)(c1ccco1)C1C=CC(C)=C1C. The summed E-state index contributed by atoms with van der Waals surface area (Å²) in [6.07, 6.45) is 10.8. The quantitative estimate of drug-likeness (QED) is 0.411. The Morgan fingerprint density at radius 1 is 1.42 bits per heavy atom. The molecule has 2 rings (SSSR count). The van der Waals surface area contributed by atoms with Crippen molar-refractivity contribution in [3.05, 3.63) is 54.3 Å². The van der Waals surface area contributed by atoms with Crippen LogP contribution < -0.4 is 5.38 Å². The molecule has 1 heterocycles. The smallest absolute Gasteiger partial charge is 0.140 e. The number of allylic oxidation sites excluding steroid dienone is 5. The highest BCUT2D eigenvalue weighted by Crippen LogP contribution is 2.40. The maximum atomic E-state index is 5.80. The van der Waals surface area contributed by atoms with Gasteiger partial charge in [0.2, 0.25) is 0 Å². The monoisotopic (exact) mass is 272 g/mol. The van der Waals surface area contributed by atoms with E-state index >= 15 is 0 Å². The first kappa shape index (κ1) is 14.1. The van der Waals surface area contributed by atoms with E-state index in [1.807, 2.05) is 18.4 Å². The zero-order valence-corrected chi connectivity index (χ0v) is 13.3. The first-order chi connectivity index (χ1) is 9.09. The molecule has 0 radical (unpaired) electrons. The van der Waals surface area contributed by atoms with E-state index in [-0.39, 0.29) is 0 Å². The minimum absolute atomic E-state index is 0.587. The van der Waals surface area contributed by atoms with Crippen molar-refractivity contribution >= 4 is 13.5 Å². The normalized spacial score (nSPS) is 21.7. The molecule has 0 amide bonds. The van der Waals surface area contributed by atoms with Crippen LogP contribution in [0.25, 0.3) is 0 Å². The summed E-state index contributed by atoms with van der Waals surface area (Å²) in [5.74, 6) is 0. The molecular formula is C17H24OSi. The van der Waals surface area contributed by atoms with Gasteiger partial charge >= 0.3 is 0 Å². The molecule has 2 unspecified atom stereocenters. The fourth-order valence-electron chi connectivity index (χ4n) is 3.10. The number of hydrogen-bond acceptors (Lipinski definition) is 1. The topological polar surface area (TPSA) is 13.1 Å². The summed E-state index contributed by atoms with van der Waals surface area (Å²) in [7, 11) is -1.64. The Labute approximate surface area is 117 Å². The standard InChI is InChI=1S/C17H24OSi/c1-5-6-7-13-19(4,17-9-8-12-18-17)16-11-10-14(2)15(16)3/h5,8-12,16H,1,6-7,13H2,2-4H3. The molecule has 0 fully saturated rings. The Hall–Kier alpha value is -1.28. The number of rotatable bonds is 6. The lowest BCUT2D eigenvalue weighted by Crippen LogP contribution is -2.47. The van der Waals surface area contributed by atoms with E-state index in [4.69, 9.17) is 4.42 Å². The molecular weight excluding hydrogens is 248 g/mol. The largest absolute Gasteiger partial charge is 0.474 e. The van der Waals surface area contributed by atoms with Gasteiger partial charge < -0.3 is 4.42 Å². The predicted molar refractivity (Wildman–Crippen MR) is 85.5 cm³/mol. The molecule has 1 nitrogen and oxygen atoms in total. The van der Waals surface area contributed by atoms with Gasteiger partial charge in [-0.3, -0.25) is 0 Å². The maximum Gasteiger partial charge on any atom is 0.140 e. The zero-order valence-electron chi connectivity index (χ0n) is 12.3. The Bertz CT molecular complexity index is 495. The van der Waals surface area contributed by atoms with Crippen molar-refractivity contribution in [1.82, 2.24) is 0 Å². The van der Waals surface area contributed by atoms with Gasteiger partial charge in [0.05, 0.1) is 11.6 Å². The van der Waals surface area contributed by atoms with Gasteiger partial charge in [-0.1, -0.05) is 42.3 Å².